The Bertz CT molecular complexity index is 963. The molecular weight excluding hydrogens is 378 g/mol. The minimum atomic E-state index is -0.142. The highest BCUT2D eigenvalue weighted by Crippen LogP contribution is 2.25. The molecule has 1 aliphatic rings. The second-order valence-electron chi connectivity index (χ2n) is 6.56. The molecule has 1 aliphatic heterocycles. The van der Waals surface area contributed by atoms with Gasteiger partial charge in [-0.25, -0.2) is 15.0 Å². The molecule has 0 bridgehead atoms. The van der Waals surface area contributed by atoms with Crippen LogP contribution < -0.4 is 5.32 Å². The van der Waals surface area contributed by atoms with E-state index in [2.05, 4.69) is 20.3 Å². The molecule has 0 aromatic carbocycles. The molecule has 0 spiro atoms. The topological polar surface area (TPSA) is 101 Å². The van der Waals surface area contributed by atoms with Crippen molar-refractivity contribution in [3.05, 3.63) is 53.2 Å². The van der Waals surface area contributed by atoms with Crippen molar-refractivity contribution in [3.8, 4) is 10.8 Å². The third-order valence-electron chi connectivity index (χ3n) is 4.65. The summed E-state index contributed by atoms with van der Waals surface area (Å²) in [7, 11) is 0. The fourth-order valence-corrected chi connectivity index (χ4v) is 4.08. The SMILES string of the molecule is Cc1nc(-c2ncccn2)sc1C(=O)NC1CCN(C(=O)c2ccoc2)CC1. The molecule has 3 aromatic heterocycles. The number of furan rings is 1. The number of aryl methyl sites for hydroxylation is 1. The van der Waals surface area contributed by atoms with Gasteiger partial charge in [0.2, 0.25) is 0 Å². The number of carbonyl (C=O) groups is 2. The minimum Gasteiger partial charge on any atom is -0.472 e. The molecular formula is C19H19N5O3S. The summed E-state index contributed by atoms with van der Waals surface area (Å²) in [5, 5.41) is 3.70. The van der Waals surface area contributed by atoms with Crippen LogP contribution >= 0.6 is 11.3 Å². The van der Waals surface area contributed by atoms with Crippen LogP contribution in [0.1, 0.15) is 38.6 Å². The van der Waals surface area contributed by atoms with Crippen molar-refractivity contribution in [3.63, 3.8) is 0 Å². The minimum absolute atomic E-state index is 0.0267. The number of thiazole rings is 1. The van der Waals surface area contributed by atoms with E-state index in [0.717, 1.165) is 0 Å². The summed E-state index contributed by atoms with van der Waals surface area (Å²) in [5.41, 5.74) is 1.22. The molecule has 144 valence electrons. The highest BCUT2D eigenvalue weighted by molar-refractivity contribution is 7.17. The van der Waals surface area contributed by atoms with Gasteiger partial charge in [0.15, 0.2) is 10.8 Å². The van der Waals surface area contributed by atoms with Crippen LogP contribution in [0.4, 0.5) is 0 Å². The van der Waals surface area contributed by atoms with Crippen LogP contribution in [-0.2, 0) is 0 Å². The highest BCUT2D eigenvalue weighted by atomic mass is 32.1. The quantitative estimate of drug-likeness (QED) is 0.726. The highest BCUT2D eigenvalue weighted by Gasteiger charge is 2.26. The smallest absolute Gasteiger partial charge is 0.263 e. The number of nitrogens with zero attached hydrogens (tertiary/aromatic N) is 4. The van der Waals surface area contributed by atoms with Crippen molar-refractivity contribution in [1.29, 1.82) is 0 Å². The largest absolute Gasteiger partial charge is 0.472 e. The lowest BCUT2D eigenvalue weighted by Gasteiger charge is -2.32. The molecule has 0 radical (unpaired) electrons. The second-order valence-corrected chi connectivity index (χ2v) is 7.56. The summed E-state index contributed by atoms with van der Waals surface area (Å²) in [5.74, 6) is 0.335. The first-order valence-corrected chi connectivity index (χ1v) is 9.80. The lowest BCUT2D eigenvalue weighted by Crippen LogP contribution is -2.46. The standard InChI is InChI=1S/C19H19N5O3S/c1-12-15(28-18(22-12)16-20-6-2-7-21-16)17(25)23-14-3-8-24(9-4-14)19(26)13-5-10-27-11-13/h2,5-7,10-11,14H,3-4,8-9H2,1H3,(H,23,25). The lowest BCUT2D eigenvalue weighted by molar-refractivity contribution is 0.0697. The van der Waals surface area contributed by atoms with E-state index >= 15 is 0 Å². The number of carbonyl (C=O) groups excluding carboxylic acids is 2. The van der Waals surface area contributed by atoms with Gasteiger partial charge in [-0.2, -0.15) is 0 Å². The van der Waals surface area contributed by atoms with Crippen LogP contribution in [-0.4, -0.2) is 50.8 Å². The Morgan fingerprint density at radius 3 is 2.68 bits per heavy atom. The summed E-state index contributed by atoms with van der Waals surface area (Å²) < 4.78 is 4.98. The number of nitrogens with one attached hydrogen (secondary N) is 1. The van der Waals surface area contributed by atoms with Crippen LogP contribution in [0.5, 0.6) is 0 Å². The zero-order valence-corrected chi connectivity index (χ0v) is 16.1. The second kappa shape index (κ2) is 7.89. The molecule has 9 heteroatoms. The lowest BCUT2D eigenvalue weighted by atomic mass is 10.0. The van der Waals surface area contributed by atoms with Gasteiger partial charge in [0.05, 0.1) is 17.5 Å². The molecule has 1 N–H and O–H groups in total. The van der Waals surface area contributed by atoms with E-state index in [9.17, 15) is 9.59 Å². The molecule has 2 amide bonds. The molecule has 0 atom stereocenters. The van der Waals surface area contributed by atoms with E-state index in [-0.39, 0.29) is 17.9 Å². The number of rotatable bonds is 4. The summed E-state index contributed by atoms with van der Waals surface area (Å²) in [6, 6.07) is 3.43. The monoisotopic (exact) mass is 397 g/mol. The number of aromatic nitrogens is 3. The molecule has 0 saturated carbocycles. The first kappa shape index (κ1) is 18.3. The van der Waals surface area contributed by atoms with Gasteiger partial charge in [-0.1, -0.05) is 0 Å². The van der Waals surface area contributed by atoms with Crippen molar-refractivity contribution in [2.45, 2.75) is 25.8 Å². The molecule has 8 nitrogen and oxygen atoms in total. The Morgan fingerprint density at radius 2 is 2.00 bits per heavy atom. The molecule has 1 saturated heterocycles. The van der Waals surface area contributed by atoms with Crippen LogP contribution in [0, 0.1) is 6.92 Å². The Hall–Kier alpha value is -3.07. The molecule has 1 fully saturated rings. The van der Waals surface area contributed by atoms with Gasteiger partial charge in [0.1, 0.15) is 11.1 Å². The zero-order chi connectivity index (χ0) is 19.5. The summed E-state index contributed by atoms with van der Waals surface area (Å²) in [4.78, 5) is 40.2. The maximum atomic E-state index is 12.7. The molecule has 4 rings (SSSR count). The Balaban J connectivity index is 1.36. The van der Waals surface area contributed by atoms with Crippen molar-refractivity contribution in [1.82, 2.24) is 25.2 Å². The zero-order valence-electron chi connectivity index (χ0n) is 15.3. The van der Waals surface area contributed by atoms with E-state index < -0.39 is 0 Å². The normalized spacial score (nSPS) is 14.8. The Kier molecular flexibility index (Phi) is 5.16. The van der Waals surface area contributed by atoms with Gasteiger partial charge >= 0.3 is 0 Å². The third-order valence-corrected chi connectivity index (χ3v) is 5.80. The summed E-state index contributed by atoms with van der Waals surface area (Å²) in [6.07, 6.45) is 7.67. The van der Waals surface area contributed by atoms with Crippen LogP contribution in [0.2, 0.25) is 0 Å². The van der Waals surface area contributed by atoms with Crippen molar-refractivity contribution in [2.75, 3.05) is 13.1 Å². The van der Waals surface area contributed by atoms with Crippen molar-refractivity contribution in [2.24, 2.45) is 0 Å². The maximum absolute atomic E-state index is 12.7. The van der Waals surface area contributed by atoms with Crippen LogP contribution in [0.3, 0.4) is 0 Å². The number of hydrogen-bond donors (Lipinski definition) is 1. The fourth-order valence-electron chi connectivity index (χ4n) is 3.16. The third kappa shape index (κ3) is 3.79. The maximum Gasteiger partial charge on any atom is 0.263 e. The predicted molar refractivity (Wildman–Crippen MR) is 103 cm³/mol. The van der Waals surface area contributed by atoms with Crippen LogP contribution in [0.15, 0.2) is 41.5 Å². The number of piperidine rings is 1. The van der Waals surface area contributed by atoms with Gasteiger partial charge in [0, 0.05) is 31.5 Å². The van der Waals surface area contributed by atoms with Gasteiger partial charge in [-0.05, 0) is 31.9 Å². The summed E-state index contributed by atoms with van der Waals surface area (Å²) in [6.45, 7) is 3.00. The van der Waals surface area contributed by atoms with Gasteiger partial charge in [-0.15, -0.1) is 11.3 Å². The van der Waals surface area contributed by atoms with Crippen LogP contribution in [0.25, 0.3) is 10.8 Å². The van der Waals surface area contributed by atoms with Crippen molar-refractivity contribution >= 4 is 23.2 Å². The number of amides is 2. The first-order valence-electron chi connectivity index (χ1n) is 8.99. The van der Waals surface area contributed by atoms with Gasteiger partial charge in [0.25, 0.3) is 11.8 Å². The van der Waals surface area contributed by atoms with E-state index in [1.807, 2.05) is 6.92 Å². The van der Waals surface area contributed by atoms with E-state index in [1.54, 1.807) is 29.4 Å². The average Bonchev–Trinajstić information content (AvgIpc) is 3.39. The first-order chi connectivity index (χ1) is 13.6. The van der Waals surface area contributed by atoms with E-state index in [1.165, 1.54) is 23.9 Å². The number of hydrogen-bond acceptors (Lipinski definition) is 7. The Morgan fingerprint density at radius 1 is 1.25 bits per heavy atom. The molecule has 0 unspecified atom stereocenters. The summed E-state index contributed by atoms with van der Waals surface area (Å²) >= 11 is 1.29. The molecule has 28 heavy (non-hydrogen) atoms. The molecule has 0 aliphatic carbocycles. The predicted octanol–water partition coefficient (Wildman–Crippen LogP) is 2.54. The fraction of sp³-hybridized carbons (Fsp3) is 0.316. The molecule has 3 aromatic rings. The molecule has 4 heterocycles. The average molecular weight is 397 g/mol. The van der Waals surface area contributed by atoms with E-state index in [0.29, 0.717) is 52.9 Å². The van der Waals surface area contributed by atoms with Crippen molar-refractivity contribution < 1.29 is 14.0 Å². The van der Waals surface area contributed by atoms with Gasteiger partial charge in [-0.3, -0.25) is 9.59 Å². The number of likely N-dealkylation sites (tertiary alicyclic amines) is 1. The van der Waals surface area contributed by atoms with Gasteiger partial charge < -0.3 is 14.6 Å². The van der Waals surface area contributed by atoms with E-state index in [4.69, 9.17) is 4.42 Å². The Labute approximate surface area is 165 Å².